The second kappa shape index (κ2) is 6.74. The first-order chi connectivity index (χ1) is 13.8. The SMILES string of the molecule is O=C1Nc2ccccc2C1=Cc1c[nH]c2cccc(OCc3ccccc3)c12. The number of hydrogen-bond acceptors (Lipinski definition) is 2. The Hall–Kier alpha value is -3.79. The lowest BCUT2D eigenvalue weighted by atomic mass is 10.0. The van der Waals surface area contributed by atoms with Gasteiger partial charge in [0.2, 0.25) is 0 Å². The zero-order valence-corrected chi connectivity index (χ0v) is 15.1. The van der Waals surface area contributed by atoms with Gasteiger partial charge in [-0.15, -0.1) is 0 Å². The van der Waals surface area contributed by atoms with E-state index < -0.39 is 0 Å². The van der Waals surface area contributed by atoms with Crippen LogP contribution in [0, 0.1) is 0 Å². The molecule has 0 unspecified atom stereocenters. The molecule has 4 nitrogen and oxygen atoms in total. The van der Waals surface area contributed by atoms with Gasteiger partial charge >= 0.3 is 0 Å². The third-order valence-electron chi connectivity index (χ3n) is 4.95. The smallest absolute Gasteiger partial charge is 0.256 e. The Kier molecular flexibility index (Phi) is 3.95. The maximum absolute atomic E-state index is 12.5. The normalized spacial score (nSPS) is 14.3. The Labute approximate surface area is 162 Å². The van der Waals surface area contributed by atoms with Gasteiger partial charge in [0.05, 0.1) is 0 Å². The molecule has 0 aliphatic carbocycles. The highest BCUT2D eigenvalue weighted by Gasteiger charge is 2.24. The lowest BCUT2D eigenvalue weighted by Gasteiger charge is -2.08. The summed E-state index contributed by atoms with van der Waals surface area (Å²) < 4.78 is 6.12. The molecule has 2 heterocycles. The second-order valence-corrected chi connectivity index (χ2v) is 6.75. The van der Waals surface area contributed by atoms with Gasteiger partial charge < -0.3 is 15.0 Å². The van der Waals surface area contributed by atoms with Gasteiger partial charge in [-0.1, -0.05) is 54.6 Å². The monoisotopic (exact) mass is 366 g/mol. The van der Waals surface area contributed by atoms with Crippen LogP contribution in [0.25, 0.3) is 22.6 Å². The van der Waals surface area contributed by atoms with Crippen LogP contribution < -0.4 is 10.1 Å². The van der Waals surface area contributed by atoms with E-state index in [4.69, 9.17) is 4.74 Å². The number of aromatic amines is 1. The zero-order valence-electron chi connectivity index (χ0n) is 15.1. The first-order valence-corrected chi connectivity index (χ1v) is 9.19. The summed E-state index contributed by atoms with van der Waals surface area (Å²) in [7, 11) is 0. The van der Waals surface area contributed by atoms with Gasteiger partial charge in [-0.05, 0) is 29.8 Å². The highest BCUT2D eigenvalue weighted by atomic mass is 16.5. The van der Waals surface area contributed by atoms with Crippen molar-refractivity contribution in [2.45, 2.75) is 6.61 Å². The number of hydrogen-bond donors (Lipinski definition) is 2. The Balaban J connectivity index is 1.55. The molecule has 1 aliphatic rings. The number of fused-ring (bicyclic) bond motifs is 2. The average molecular weight is 366 g/mol. The highest BCUT2D eigenvalue weighted by Crippen LogP contribution is 2.36. The molecular weight excluding hydrogens is 348 g/mol. The van der Waals surface area contributed by atoms with Crippen LogP contribution in [0.15, 0.2) is 79.0 Å². The summed E-state index contributed by atoms with van der Waals surface area (Å²) >= 11 is 0. The molecule has 1 amide bonds. The van der Waals surface area contributed by atoms with E-state index in [0.717, 1.165) is 39.0 Å². The summed E-state index contributed by atoms with van der Waals surface area (Å²) in [6, 6.07) is 23.7. The standard InChI is InChI=1S/C24H18N2O2/c27-24-19(18-9-4-5-10-20(18)26-24)13-17-14-25-21-11-6-12-22(23(17)21)28-15-16-7-2-1-3-8-16/h1-14,25H,15H2,(H,26,27). The minimum atomic E-state index is -0.0850. The molecule has 4 heteroatoms. The van der Waals surface area contributed by atoms with E-state index in [1.807, 2.05) is 85.1 Å². The molecule has 5 rings (SSSR count). The second-order valence-electron chi connectivity index (χ2n) is 6.75. The van der Waals surface area contributed by atoms with Gasteiger partial charge in [0.1, 0.15) is 12.4 Å². The van der Waals surface area contributed by atoms with Crippen LogP contribution in [0.1, 0.15) is 16.7 Å². The molecule has 1 aromatic heterocycles. The number of carbonyl (C=O) groups excluding carboxylic acids is 1. The van der Waals surface area contributed by atoms with Crippen molar-refractivity contribution in [3.63, 3.8) is 0 Å². The summed E-state index contributed by atoms with van der Waals surface area (Å²) in [5, 5.41) is 3.90. The number of H-pyrrole nitrogens is 1. The predicted octanol–water partition coefficient (Wildman–Crippen LogP) is 5.24. The van der Waals surface area contributed by atoms with Crippen molar-refractivity contribution in [1.82, 2.24) is 4.98 Å². The summed E-state index contributed by atoms with van der Waals surface area (Å²) in [4.78, 5) is 15.8. The maximum Gasteiger partial charge on any atom is 0.256 e. The number of rotatable bonds is 4. The van der Waals surface area contributed by atoms with Crippen molar-refractivity contribution in [3.8, 4) is 5.75 Å². The van der Waals surface area contributed by atoms with Crippen LogP contribution in [-0.4, -0.2) is 10.9 Å². The minimum absolute atomic E-state index is 0.0850. The lowest BCUT2D eigenvalue weighted by molar-refractivity contribution is -0.110. The van der Waals surface area contributed by atoms with E-state index in [1.54, 1.807) is 0 Å². The highest BCUT2D eigenvalue weighted by molar-refractivity contribution is 6.35. The number of benzene rings is 3. The molecule has 2 N–H and O–H groups in total. The van der Waals surface area contributed by atoms with Crippen LogP contribution in [0.5, 0.6) is 5.75 Å². The first kappa shape index (κ1) is 16.4. The first-order valence-electron chi connectivity index (χ1n) is 9.19. The molecule has 0 fully saturated rings. The Bertz CT molecular complexity index is 1210. The van der Waals surface area contributed by atoms with Crippen molar-refractivity contribution in [3.05, 3.63) is 95.7 Å². The van der Waals surface area contributed by atoms with Gasteiger partial charge in [-0.3, -0.25) is 4.79 Å². The molecular formula is C24H18N2O2. The van der Waals surface area contributed by atoms with E-state index in [0.29, 0.717) is 12.2 Å². The zero-order chi connectivity index (χ0) is 18.9. The Morgan fingerprint density at radius 2 is 1.71 bits per heavy atom. The van der Waals surface area contributed by atoms with Gasteiger partial charge in [0.25, 0.3) is 5.91 Å². The summed E-state index contributed by atoms with van der Waals surface area (Å²) in [6.45, 7) is 0.491. The van der Waals surface area contributed by atoms with Crippen molar-refractivity contribution in [2.24, 2.45) is 0 Å². The molecule has 28 heavy (non-hydrogen) atoms. The van der Waals surface area contributed by atoms with Crippen LogP contribution >= 0.6 is 0 Å². The molecule has 0 radical (unpaired) electrons. The fourth-order valence-corrected chi connectivity index (χ4v) is 3.58. The number of nitrogens with one attached hydrogen (secondary N) is 2. The van der Waals surface area contributed by atoms with Crippen molar-refractivity contribution < 1.29 is 9.53 Å². The van der Waals surface area contributed by atoms with Crippen LogP contribution in [0.2, 0.25) is 0 Å². The Morgan fingerprint density at radius 3 is 2.61 bits per heavy atom. The minimum Gasteiger partial charge on any atom is -0.488 e. The molecule has 0 atom stereocenters. The van der Waals surface area contributed by atoms with Gasteiger partial charge in [-0.25, -0.2) is 0 Å². The fraction of sp³-hybridized carbons (Fsp3) is 0.0417. The van der Waals surface area contributed by atoms with Gasteiger partial charge in [-0.2, -0.15) is 0 Å². The molecule has 3 aromatic carbocycles. The summed E-state index contributed by atoms with van der Waals surface area (Å²) in [6.07, 6.45) is 3.84. The van der Waals surface area contributed by atoms with Crippen molar-refractivity contribution >= 4 is 34.1 Å². The number of amides is 1. The quantitative estimate of drug-likeness (QED) is 0.485. The van der Waals surface area contributed by atoms with Crippen LogP contribution in [0.4, 0.5) is 5.69 Å². The third-order valence-corrected chi connectivity index (χ3v) is 4.95. The van der Waals surface area contributed by atoms with Gasteiger partial charge in [0, 0.05) is 39.5 Å². The van der Waals surface area contributed by atoms with E-state index >= 15 is 0 Å². The number of ether oxygens (including phenoxy) is 1. The largest absolute Gasteiger partial charge is 0.488 e. The van der Waals surface area contributed by atoms with Gasteiger partial charge in [0.15, 0.2) is 0 Å². The average Bonchev–Trinajstić information content (AvgIpc) is 3.29. The number of anilines is 1. The molecule has 4 aromatic rings. The molecule has 136 valence electrons. The molecule has 0 spiro atoms. The number of para-hydroxylation sites is 1. The lowest BCUT2D eigenvalue weighted by Crippen LogP contribution is -2.03. The van der Waals surface area contributed by atoms with E-state index in [9.17, 15) is 4.79 Å². The maximum atomic E-state index is 12.5. The molecule has 0 saturated carbocycles. The third kappa shape index (κ3) is 2.85. The number of carbonyl (C=O) groups is 1. The van der Waals surface area contributed by atoms with Crippen LogP contribution in [0.3, 0.4) is 0 Å². The molecule has 0 saturated heterocycles. The van der Waals surface area contributed by atoms with Crippen molar-refractivity contribution in [2.75, 3.05) is 5.32 Å². The fourth-order valence-electron chi connectivity index (χ4n) is 3.58. The molecule has 0 bridgehead atoms. The van der Waals surface area contributed by atoms with Crippen LogP contribution in [-0.2, 0) is 11.4 Å². The predicted molar refractivity (Wildman–Crippen MR) is 112 cm³/mol. The summed E-state index contributed by atoms with van der Waals surface area (Å²) in [5.41, 5.74) is 5.45. The Morgan fingerprint density at radius 1 is 0.893 bits per heavy atom. The number of aromatic nitrogens is 1. The van der Waals surface area contributed by atoms with Crippen molar-refractivity contribution in [1.29, 1.82) is 0 Å². The molecule has 1 aliphatic heterocycles. The van der Waals surface area contributed by atoms with E-state index in [1.165, 1.54) is 0 Å². The summed E-state index contributed by atoms with van der Waals surface area (Å²) in [5.74, 6) is 0.708. The van der Waals surface area contributed by atoms with E-state index in [-0.39, 0.29) is 5.91 Å². The van der Waals surface area contributed by atoms with E-state index in [2.05, 4.69) is 10.3 Å². The topological polar surface area (TPSA) is 54.1 Å².